The van der Waals surface area contributed by atoms with Crippen LogP contribution in [0.15, 0.2) is 34.9 Å². The lowest BCUT2D eigenvalue weighted by Crippen LogP contribution is -2.40. The van der Waals surface area contributed by atoms with Crippen molar-refractivity contribution in [2.24, 2.45) is 0 Å². The van der Waals surface area contributed by atoms with E-state index in [1.54, 1.807) is 24.3 Å². The Balaban J connectivity index is 2.12. The molecular formula is C16H17ClN2O4. The molecule has 0 spiro atoms. The van der Waals surface area contributed by atoms with E-state index in [9.17, 15) is 9.59 Å². The average Bonchev–Trinajstić information content (AvgIpc) is 3.01. The summed E-state index contributed by atoms with van der Waals surface area (Å²) in [7, 11) is 0. The predicted molar refractivity (Wildman–Crippen MR) is 85.4 cm³/mol. The van der Waals surface area contributed by atoms with Crippen molar-refractivity contribution in [2.45, 2.75) is 32.2 Å². The second-order valence-corrected chi connectivity index (χ2v) is 5.47. The molecule has 0 saturated carbocycles. The van der Waals surface area contributed by atoms with E-state index < -0.39 is 17.9 Å². The van der Waals surface area contributed by atoms with Crippen molar-refractivity contribution in [3.63, 3.8) is 0 Å². The summed E-state index contributed by atoms with van der Waals surface area (Å²) in [5.74, 6) is -1.31. The molecule has 0 saturated heterocycles. The minimum absolute atomic E-state index is 0.0164. The summed E-state index contributed by atoms with van der Waals surface area (Å²) in [6.07, 6.45) is 1.92. The van der Waals surface area contributed by atoms with Gasteiger partial charge in [0.05, 0.1) is 5.02 Å². The van der Waals surface area contributed by atoms with Crippen LogP contribution in [0.1, 0.15) is 36.7 Å². The van der Waals surface area contributed by atoms with Gasteiger partial charge < -0.3 is 14.9 Å². The van der Waals surface area contributed by atoms with Gasteiger partial charge >= 0.3 is 5.97 Å². The van der Waals surface area contributed by atoms with Gasteiger partial charge in [0, 0.05) is 11.6 Å². The molecule has 1 aromatic heterocycles. The SMILES string of the molecule is CCCC[C@H](NC(=O)c1cc(-c2ccccc2Cl)on1)C(=O)O. The lowest BCUT2D eigenvalue weighted by molar-refractivity contribution is -0.139. The maximum Gasteiger partial charge on any atom is 0.326 e. The van der Waals surface area contributed by atoms with Crippen molar-refractivity contribution in [3.05, 3.63) is 41.0 Å². The van der Waals surface area contributed by atoms with Crippen molar-refractivity contribution in [1.29, 1.82) is 0 Å². The largest absolute Gasteiger partial charge is 0.480 e. The standard InChI is InChI=1S/C16H17ClN2O4/c1-2-3-8-12(16(21)22)18-15(20)13-9-14(23-19-13)10-6-4-5-7-11(10)17/h4-7,9,12H,2-3,8H2,1H3,(H,18,20)(H,21,22)/t12-/m0/s1. The van der Waals surface area contributed by atoms with Gasteiger partial charge in [-0.25, -0.2) is 4.79 Å². The molecule has 0 aliphatic carbocycles. The maximum atomic E-state index is 12.1. The zero-order valence-electron chi connectivity index (χ0n) is 12.6. The number of hydrogen-bond acceptors (Lipinski definition) is 4. The van der Waals surface area contributed by atoms with E-state index in [-0.39, 0.29) is 5.69 Å². The van der Waals surface area contributed by atoms with Gasteiger partial charge in [-0.1, -0.05) is 48.7 Å². The van der Waals surface area contributed by atoms with Gasteiger partial charge in [0.25, 0.3) is 5.91 Å². The Morgan fingerprint density at radius 3 is 2.78 bits per heavy atom. The molecule has 122 valence electrons. The van der Waals surface area contributed by atoms with E-state index in [1.807, 2.05) is 6.92 Å². The zero-order chi connectivity index (χ0) is 16.8. The van der Waals surface area contributed by atoms with Crippen LogP contribution >= 0.6 is 11.6 Å². The Labute approximate surface area is 138 Å². The molecule has 23 heavy (non-hydrogen) atoms. The van der Waals surface area contributed by atoms with E-state index in [0.717, 1.165) is 6.42 Å². The van der Waals surface area contributed by atoms with Crippen LogP contribution in [0.3, 0.4) is 0 Å². The van der Waals surface area contributed by atoms with Crippen molar-refractivity contribution in [1.82, 2.24) is 10.5 Å². The fraction of sp³-hybridized carbons (Fsp3) is 0.312. The lowest BCUT2D eigenvalue weighted by atomic mass is 10.1. The molecule has 0 unspecified atom stereocenters. The number of hydrogen-bond donors (Lipinski definition) is 2. The number of nitrogens with zero attached hydrogens (tertiary/aromatic N) is 1. The minimum Gasteiger partial charge on any atom is -0.480 e. The number of rotatable bonds is 7. The van der Waals surface area contributed by atoms with Gasteiger partial charge in [-0.05, 0) is 18.6 Å². The van der Waals surface area contributed by atoms with Gasteiger partial charge in [-0.15, -0.1) is 0 Å². The highest BCUT2D eigenvalue weighted by Crippen LogP contribution is 2.27. The van der Waals surface area contributed by atoms with Crippen LogP contribution in [-0.2, 0) is 4.79 Å². The third kappa shape index (κ3) is 4.32. The predicted octanol–water partition coefficient (Wildman–Crippen LogP) is 3.37. The summed E-state index contributed by atoms with van der Waals surface area (Å²) >= 11 is 6.06. The molecule has 6 nitrogen and oxygen atoms in total. The number of nitrogens with one attached hydrogen (secondary N) is 1. The van der Waals surface area contributed by atoms with Crippen molar-refractivity contribution in [2.75, 3.05) is 0 Å². The van der Waals surface area contributed by atoms with Crippen LogP contribution < -0.4 is 5.32 Å². The Kier molecular flexibility index (Phi) is 5.76. The molecule has 0 bridgehead atoms. The zero-order valence-corrected chi connectivity index (χ0v) is 13.3. The van der Waals surface area contributed by atoms with Crippen molar-refractivity contribution < 1.29 is 19.2 Å². The van der Waals surface area contributed by atoms with Crippen LogP contribution in [0, 0.1) is 0 Å². The number of benzene rings is 1. The number of aliphatic carboxylic acids is 1. The third-order valence-corrected chi connectivity index (χ3v) is 3.66. The highest BCUT2D eigenvalue weighted by atomic mass is 35.5. The lowest BCUT2D eigenvalue weighted by Gasteiger charge is -2.12. The second-order valence-electron chi connectivity index (χ2n) is 5.06. The van der Waals surface area contributed by atoms with Crippen LogP contribution in [0.25, 0.3) is 11.3 Å². The molecule has 2 N–H and O–H groups in total. The molecule has 0 radical (unpaired) electrons. The van der Waals surface area contributed by atoms with E-state index in [0.29, 0.717) is 29.2 Å². The molecular weight excluding hydrogens is 320 g/mol. The number of aromatic nitrogens is 1. The topological polar surface area (TPSA) is 92.4 Å². The van der Waals surface area contributed by atoms with Crippen molar-refractivity contribution in [3.8, 4) is 11.3 Å². The number of carbonyl (C=O) groups excluding carboxylic acids is 1. The first kappa shape index (κ1) is 17.0. The van der Waals surface area contributed by atoms with E-state index in [4.69, 9.17) is 21.2 Å². The summed E-state index contributed by atoms with van der Waals surface area (Å²) in [4.78, 5) is 23.3. The molecule has 0 aliphatic heterocycles. The smallest absolute Gasteiger partial charge is 0.326 e. The van der Waals surface area contributed by atoms with Crippen LogP contribution in [0.5, 0.6) is 0 Å². The van der Waals surface area contributed by atoms with Crippen LogP contribution in [0.2, 0.25) is 5.02 Å². The highest BCUT2D eigenvalue weighted by Gasteiger charge is 2.22. The number of carboxylic acids is 1. The molecule has 1 aromatic carbocycles. The van der Waals surface area contributed by atoms with Gasteiger partial charge in [-0.3, -0.25) is 4.79 Å². The second kappa shape index (κ2) is 7.78. The summed E-state index contributed by atoms with van der Waals surface area (Å²) in [6.45, 7) is 1.95. The normalized spacial score (nSPS) is 11.9. The number of carbonyl (C=O) groups is 2. The highest BCUT2D eigenvalue weighted by molar-refractivity contribution is 6.33. The van der Waals surface area contributed by atoms with Gasteiger partial charge in [-0.2, -0.15) is 0 Å². The summed E-state index contributed by atoms with van der Waals surface area (Å²) in [5, 5.41) is 15.8. The maximum absolute atomic E-state index is 12.1. The molecule has 2 aromatic rings. The molecule has 0 fully saturated rings. The molecule has 1 amide bonds. The quantitative estimate of drug-likeness (QED) is 0.808. The Morgan fingerprint density at radius 2 is 2.13 bits per heavy atom. The number of unbranched alkanes of at least 4 members (excludes halogenated alkanes) is 1. The summed E-state index contributed by atoms with van der Waals surface area (Å²) in [5.41, 5.74) is 0.629. The number of amides is 1. The van der Waals surface area contributed by atoms with E-state index in [1.165, 1.54) is 6.07 Å². The fourth-order valence-corrected chi connectivity index (χ4v) is 2.30. The van der Waals surface area contributed by atoms with Gasteiger partial charge in [0.15, 0.2) is 11.5 Å². The average molecular weight is 337 g/mol. The fourth-order valence-electron chi connectivity index (χ4n) is 2.07. The monoisotopic (exact) mass is 336 g/mol. The van der Waals surface area contributed by atoms with Crippen LogP contribution in [0.4, 0.5) is 0 Å². The summed E-state index contributed by atoms with van der Waals surface area (Å²) < 4.78 is 5.13. The first-order valence-corrected chi connectivity index (χ1v) is 7.66. The molecule has 7 heteroatoms. The van der Waals surface area contributed by atoms with Crippen LogP contribution in [-0.4, -0.2) is 28.2 Å². The Bertz CT molecular complexity index is 699. The first-order chi connectivity index (χ1) is 11.0. The van der Waals surface area contributed by atoms with E-state index in [2.05, 4.69) is 10.5 Å². The summed E-state index contributed by atoms with van der Waals surface area (Å²) in [6, 6.07) is 7.50. The minimum atomic E-state index is -1.07. The Hall–Kier alpha value is -2.34. The van der Waals surface area contributed by atoms with Gasteiger partial charge in [0.2, 0.25) is 0 Å². The molecule has 0 aliphatic rings. The molecule has 2 rings (SSSR count). The molecule has 1 heterocycles. The van der Waals surface area contributed by atoms with E-state index >= 15 is 0 Å². The molecule has 1 atom stereocenters. The number of carboxylic acid groups (broad SMARTS) is 1. The van der Waals surface area contributed by atoms with Crippen molar-refractivity contribution >= 4 is 23.5 Å². The third-order valence-electron chi connectivity index (χ3n) is 3.33. The first-order valence-electron chi connectivity index (χ1n) is 7.28. The Morgan fingerprint density at radius 1 is 1.39 bits per heavy atom. The number of halogens is 1. The van der Waals surface area contributed by atoms with Gasteiger partial charge in [0.1, 0.15) is 6.04 Å².